The minimum absolute atomic E-state index is 0.0976. The molecular formula is C27H23ClN4OS. The molecule has 2 aliphatic heterocycles. The molecule has 1 spiro atoms. The van der Waals surface area contributed by atoms with Gasteiger partial charge in [-0.1, -0.05) is 53.6 Å². The van der Waals surface area contributed by atoms with E-state index in [9.17, 15) is 4.79 Å². The first-order chi connectivity index (χ1) is 16.4. The number of rotatable bonds is 4. The number of hydrogen-bond acceptors (Lipinski definition) is 6. The van der Waals surface area contributed by atoms with Crippen LogP contribution in [0.5, 0.6) is 0 Å². The van der Waals surface area contributed by atoms with Crippen LogP contribution in [0.3, 0.4) is 0 Å². The number of Topliss-reactive ketones (excluding diaryl/α,β-unsaturated/α-hetero) is 1. The number of thioether (sulfide) groups is 1. The fourth-order valence-corrected chi connectivity index (χ4v) is 5.37. The normalized spacial score (nSPS) is 19.4. The summed E-state index contributed by atoms with van der Waals surface area (Å²) in [5.41, 5.74) is 5.88. The van der Waals surface area contributed by atoms with Crippen molar-refractivity contribution >= 4 is 51.3 Å². The first kappa shape index (κ1) is 22.4. The van der Waals surface area contributed by atoms with Gasteiger partial charge in [-0.2, -0.15) is 10.2 Å². The number of halogens is 1. The molecule has 0 saturated heterocycles. The zero-order chi connectivity index (χ0) is 23.9. The molecule has 170 valence electrons. The molecule has 1 atom stereocenters. The quantitative estimate of drug-likeness (QED) is 0.419. The summed E-state index contributed by atoms with van der Waals surface area (Å²) in [5, 5.41) is 14.6. The van der Waals surface area contributed by atoms with Crippen molar-refractivity contribution in [1.82, 2.24) is 0 Å². The molecule has 0 saturated carbocycles. The number of hydrazone groups is 2. The Hall–Kier alpha value is -3.35. The Labute approximate surface area is 208 Å². The number of anilines is 2. The monoisotopic (exact) mass is 486 g/mol. The van der Waals surface area contributed by atoms with Crippen molar-refractivity contribution in [3.8, 4) is 0 Å². The van der Waals surface area contributed by atoms with Gasteiger partial charge in [0.05, 0.1) is 17.1 Å². The number of aryl methyl sites for hydroxylation is 2. The van der Waals surface area contributed by atoms with Gasteiger partial charge >= 0.3 is 0 Å². The maximum Gasteiger partial charge on any atom is 0.227 e. The zero-order valence-electron chi connectivity index (χ0n) is 19.1. The Morgan fingerprint density at radius 1 is 0.912 bits per heavy atom. The number of carbonyl (C=O) groups excluding carboxylic acids is 1. The SMILES string of the molecule is CC(=O)C1=NN(c2cccc(Cl)c2)C2(C=CC(c3cc(C)ccc3C)=NN2c2ccccc2)S1. The van der Waals surface area contributed by atoms with E-state index in [0.717, 1.165) is 28.2 Å². The van der Waals surface area contributed by atoms with E-state index >= 15 is 0 Å². The molecule has 7 heteroatoms. The highest BCUT2D eigenvalue weighted by molar-refractivity contribution is 8.17. The highest BCUT2D eigenvalue weighted by Crippen LogP contribution is 2.48. The zero-order valence-corrected chi connectivity index (χ0v) is 20.6. The Kier molecular flexibility index (Phi) is 5.80. The van der Waals surface area contributed by atoms with Crippen LogP contribution >= 0.6 is 23.4 Å². The molecule has 5 rings (SSSR count). The summed E-state index contributed by atoms with van der Waals surface area (Å²) in [4.78, 5) is 11.5. The van der Waals surface area contributed by atoms with Crippen LogP contribution in [0.25, 0.3) is 0 Å². The summed E-state index contributed by atoms with van der Waals surface area (Å²) in [5.74, 6) is -0.0976. The molecule has 1 unspecified atom stereocenters. The van der Waals surface area contributed by atoms with E-state index in [1.54, 1.807) is 0 Å². The second-order valence-corrected chi connectivity index (χ2v) is 9.93. The smallest absolute Gasteiger partial charge is 0.227 e. The van der Waals surface area contributed by atoms with Crippen LogP contribution < -0.4 is 10.0 Å². The topological polar surface area (TPSA) is 48.3 Å². The minimum atomic E-state index is -0.908. The average molecular weight is 487 g/mol. The van der Waals surface area contributed by atoms with E-state index < -0.39 is 4.99 Å². The lowest BCUT2D eigenvalue weighted by Gasteiger charge is -2.43. The number of carbonyl (C=O) groups is 1. The fraction of sp³-hybridized carbons (Fsp3) is 0.148. The molecule has 3 aromatic carbocycles. The third-order valence-corrected chi connectivity index (χ3v) is 7.31. The van der Waals surface area contributed by atoms with Gasteiger partial charge in [0.25, 0.3) is 0 Å². The second kappa shape index (κ2) is 8.78. The lowest BCUT2D eigenvalue weighted by molar-refractivity contribution is -0.110. The van der Waals surface area contributed by atoms with Crippen molar-refractivity contribution in [2.45, 2.75) is 25.8 Å². The van der Waals surface area contributed by atoms with E-state index in [4.69, 9.17) is 21.8 Å². The van der Waals surface area contributed by atoms with E-state index in [-0.39, 0.29) is 5.78 Å². The van der Waals surface area contributed by atoms with Gasteiger partial charge in [-0.15, -0.1) is 0 Å². The van der Waals surface area contributed by atoms with E-state index in [1.807, 2.05) is 70.7 Å². The standard InChI is InChI=1S/C27H23ClN4OS/c1-18-12-13-19(2)24(16-18)25-14-15-27(31(29-25)22-9-5-4-6-10-22)32(30-26(34-27)20(3)33)23-11-7-8-21(28)17-23/h4-17H,1-3H3. The van der Waals surface area contributed by atoms with Crippen molar-refractivity contribution in [3.63, 3.8) is 0 Å². The van der Waals surface area contributed by atoms with Crippen molar-refractivity contribution < 1.29 is 4.79 Å². The predicted molar refractivity (Wildman–Crippen MR) is 143 cm³/mol. The summed E-state index contributed by atoms with van der Waals surface area (Å²) < 4.78 is 0. The lowest BCUT2D eigenvalue weighted by Crippen LogP contribution is -2.53. The van der Waals surface area contributed by atoms with Gasteiger partial charge in [0.1, 0.15) is 0 Å². The van der Waals surface area contributed by atoms with Crippen LogP contribution in [-0.2, 0) is 4.79 Å². The molecular weight excluding hydrogens is 464 g/mol. The summed E-state index contributed by atoms with van der Waals surface area (Å²) in [7, 11) is 0. The molecule has 5 nitrogen and oxygen atoms in total. The maximum absolute atomic E-state index is 12.4. The van der Waals surface area contributed by atoms with Crippen LogP contribution in [0.2, 0.25) is 5.02 Å². The van der Waals surface area contributed by atoms with Crippen LogP contribution in [0.4, 0.5) is 11.4 Å². The van der Waals surface area contributed by atoms with E-state index in [1.165, 1.54) is 24.2 Å². The first-order valence-corrected chi connectivity index (χ1v) is 12.1. The van der Waals surface area contributed by atoms with Crippen molar-refractivity contribution in [2.75, 3.05) is 10.0 Å². The van der Waals surface area contributed by atoms with E-state index in [2.05, 4.69) is 38.1 Å². The number of ketones is 1. The van der Waals surface area contributed by atoms with Gasteiger partial charge in [0.15, 0.2) is 10.8 Å². The largest absolute Gasteiger partial charge is 0.292 e. The van der Waals surface area contributed by atoms with Crippen LogP contribution in [0.1, 0.15) is 23.6 Å². The Morgan fingerprint density at radius 3 is 2.38 bits per heavy atom. The number of nitrogens with zero attached hydrogens (tertiary/aromatic N) is 4. The van der Waals surface area contributed by atoms with Gasteiger partial charge in [0, 0.05) is 17.5 Å². The molecule has 0 fully saturated rings. The third-order valence-electron chi connectivity index (χ3n) is 5.73. The molecule has 34 heavy (non-hydrogen) atoms. The summed E-state index contributed by atoms with van der Waals surface area (Å²) >= 11 is 7.70. The fourth-order valence-electron chi connectivity index (χ4n) is 4.04. The number of benzene rings is 3. The third kappa shape index (κ3) is 3.93. The Bertz CT molecular complexity index is 1370. The molecule has 2 heterocycles. The Balaban J connectivity index is 1.70. The van der Waals surface area contributed by atoms with Gasteiger partial charge in [0.2, 0.25) is 4.99 Å². The van der Waals surface area contributed by atoms with Crippen molar-refractivity contribution in [1.29, 1.82) is 0 Å². The molecule has 0 amide bonds. The van der Waals surface area contributed by atoms with Crippen LogP contribution in [0.15, 0.2) is 95.2 Å². The summed E-state index contributed by atoms with van der Waals surface area (Å²) in [6, 6.07) is 23.8. The van der Waals surface area contributed by atoms with Crippen molar-refractivity contribution in [3.05, 3.63) is 107 Å². The Morgan fingerprint density at radius 2 is 1.65 bits per heavy atom. The number of para-hydroxylation sites is 1. The van der Waals surface area contributed by atoms with Gasteiger partial charge in [-0.05, 0) is 79.7 Å². The number of hydrogen-bond donors (Lipinski definition) is 0. The van der Waals surface area contributed by atoms with Crippen LogP contribution in [-0.4, -0.2) is 21.5 Å². The number of allylic oxidation sites excluding steroid dienone is 1. The summed E-state index contributed by atoms with van der Waals surface area (Å²) in [6.07, 6.45) is 4.08. The maximum atomic E-state index is 12.4. The van der Waals surface area contributed by atoms with Gasteiger partial charge in [-0.3, -0.25) is 4.79 Å². The molecule has 0 N–H and O–H groups in total. The highest BCUT2D eigenvalue weighted by atomic mass is 35.5. The molecule has 0 aromatic heterocycles. The molecule has 3 aromatic rings. The van der Waals surface area contributed by atoms with Crippen LogP contribution in [0, 0.1) is 13.8 Å². The molecule has 0 bridgehead atoms. The molecule has 0 aliphatic carbocycles. The highest BCUT2D eigenvalue weighted by Gasteiger charge is 2.51. The minimum Gasteiger partial charge on any atom is -0.292 e. The lowest BCUT2D eigenvalue weighted by atomic mass is 10.00. The molecule has 0 radical (unpaired) electrons. The molecule has 2 aliphatic rings. The van der Waals surface area contributed by atoms with E-state index in [0.29, 0.717) is 10.1 Å². The second-order valence-electron chi connectivity index (χ2n) is 8.30. The van der Waals surface area contributed by atoms with Gasteiger partial charge < -0.3 is 0 Å². The summed E-state index contributed by atoms with van der Waals surface area (Å²) in [6.45, 7) is 5.69. The first-order valence-electron chi connectivity index (χ1n) is 10.9. The average Bonchev–Trinajstić information content (AvgIpc) is 3.22. The van der Waals surface area contributed by atoms with Crippen molar-refractivity contribution in [2.24, 2.45) is 10.2 Å². The van der Waals surface area contributed by atoms with Gasteiger partial charge in [-0.25, -0.2) is 10.0 Å². The predicted octanol–water partition coefficient (Wildman–Crippen LogP) is 6.55.